The van der Waals surface area contributed by atoms with Gasteiger partial charge in [-0.2, -0.15) is 0 Å². The lowest BCUT2D eigenvalue weighted by Crippen LogP contribution is -2.43. The highest BCUT2D eigenvalue weighted by Gasteiger charge is 2.06. The van der Waals surface area contributed by atoms with E-state index in [2.05, 4.69) is 26.0 Å². The van der Waals surface area contributed by atoms with Crippen LogP contribution in [-0.2, 0) is 0 Å². The SMILES string of the molecule is CC1=NN=C(c2ccccn2)NN1. The minimum atomic E-state index is 0.631. The molecule has 1 aromatic rings. The zero-order chi connectivity index (χ0) is 9.10. The minimum Gasteiger partial charge on any atom is -0.285 e. The maximum atomic E-state index is 4.12. The molecule has 5 nitrogen and oxygen atoms in total. The van der Waals surface area contributed by atoms with Gasteiger partial charge in [0, 0.05) is 6.20 Å². The van der Waals surface area contributed by atoms with Gasteiger partial charge < -0.3 is 0 Å². The fourth-order valence-electron chi connectivity index (χ4n) is 0.943. The van der Waals surface area contributed by atoms with Crippen molar-refractivity contribution in [1.82, 2.24) is 15.8 Å². The number of amidine groups is 2. The second-order valence-corrected chi connectivity index (χ2v) is 2.60. The van der Waals surface area contributed by atoms with Gasteiger partial charge >= 0.3 is 0 Å². The fraction of sp³-hybridized carbons (Fsp3) is 0.125. The smallest absolute Gasteiger partial charge is 0.193 e. The molecule has 0 unspecified atom stereocenters. The van der Waals surface area contributed by atoms with Crippen LogP contribution in [0.3, 0.4) is 0 Å². The number of aromatic nitrogens is 1. The summed E-state index contributed by atoms with van der Waals surface area (Å²) < 4.78 is 0. The van der Waals surface area contributed by atoms with Crippen LogP contribution in [0, 0.1) is 0 Å². The molecule has 0 atom stereocenters. The number of nitrogens with zero attached hydrogens (tertiary/aromatic N) is 3. The van der Waals surface area contributed by atoms with E-state index in [1.807, 2.05) is 25.1 Å². The highest BCUT2D eigenvalue weighted by atomic mass is 15.5. The molecule has 2 rings (SSSR count). The van der Waals surface area contributed by atoms with E-state index >= 15 is 0 Å². The number of hydrazine groups is 1. The number of nitrogens with one attached hydrogen (secondary N) is 2. The van der Waals surface area contributed by atoms with Crippen LogP contribution in [-0.4, -0.2) is 16.7 Å². The first-order valence-corrected chi connectivity index (χ1v) is 3.92. The van der Waals surface area contributed by atoms with Crippen molar-refractivity contribution in [3.63, 3.8) is 0 Å². The Morgan fingerprint density at radius 2 is 2.08 bits per heavy atom. The number of pyridine rings is 1. The van der Waals surface area contributed by atoms with Crippen LogP contribution in [0.4, 0.5) is 0 Å². The molecular formula is C8H9N5. The second-order valence-electron chi connectivity index (χ2n) is 2.60. The van der Waals surface area contributed by atoms with Crippen LogP contribution >= 0.6 is 0 Å². The molecule has 0 spiro atoms. The Bertz CT molecular complexity index is 354. The van der Waals surface area contributed by atoms with Gasteiger partial charge in [0.15, 0.2) is 5.84 Å². The van der Waals surface area contributed by atoms with Crippen LogP contribution in [0.5, 0.6) is 0 Å². The van der Waals surface area contributed by atoms with Crippen molar-refractivity contribution < 1.29 is 0 Å². The van der Waals surface area contributed by atoms with Crippen LogP contribution in [0.25, 0.3) is 0 Å². The van der Waals surface area contributed by atoms with E-state index in [-0.39, 0.29) is 0 Å². The summed E-state index contributed by atoms with van der Waals surface area (Å²) in [4.78, 5) is 4.12. The summed E-state index contributed by atoms with van der Waals surface area (Å²) in [6.07, 6.45) is 1.71. The van der Waals surface area contributed by atoms with Crippen molar-refractivity contribution in [3.05, 3.63) is 30.1 Å². The van der Waals surface area contributed by atoms with E-state index in [0.717, 1.165) is 11.5 Å². The lowest BCUT2D eigenvalue weighted by Gasteiger charge is -2.13. The lowest BCUT2D eigenvalue weighted by atomic mass is 10.3. The van der Waals surface area contributed by atoms with Crippen molar-refractivity contribution in [1.29, 1.82) is 0 Å². The van der Waals surface area contributed by atoms with Gasteiger partial charge in [-0.25, -0.2) is 0 Å². The van der Waals surface area contributed by atoms with Gasteiger partial charge in [0.1, 0.15) is 11.5 Å². The third-order valence-electron chi connectivity index (χ3n) is 1.57. The maximum absolute atomic E-state index is 4.12. The molecule has 2 N–H and O–H groups in total. The highest BCUT2D eigenvalue weighted by molar-refractivity contribution is 5.99. The van der Waals surface area contributed by atoms with Crippen LogP contribution in [0.15, 0.2) is 34.6 Å². The third-order valence-corrected chi connectivity index (χ3v) is 1.57. The summed E-state index contributed by atoms with van der Waals surface area (Å²) >= 11 is 0. The quantitative estimate of drug-likeness (QED) is 0.644. The summed E-state index contributed by atoms with van der Waals surface area (Å²) in [5.41, 5.74) is 6.52. The molecule has 0 radical (unpaired) electrons. The van der Waals surface area contributed by atoms with Crippen LogP contribution in [0.2, 0.25) is 0 Å². The van der Waals surface area contributed by atoms with E-state index in [9.17, 15) is 0 Å². The average Bonchev–Trinajstić information content (AvgIpc) is 2.20. The molecule has 0 saturated carbocycles. The third kappa shape index (κ3) is 1.64. The summed E-state index contributed by atoms with van der Waals surface area (Å²) in [5, 5.41) is 7.83. The molecule has 1 aliphatic rings. The molecule has 13 heavy (non-hydrogen) atoms. The topological polar surface area (TPSA) is 61.7 Å². The van der Waals surface area contributed by atoms with Crippen molar-refractivity contribution in [3.8, 4) is 0 Å². The number of hydrogen-bond acceptors (Lipinski definition) is 5. The molecule has 0 amide bonds. The first-order valence-electron chi connectivity index (χ1n) is 3.92. The standard InChI is InChI=1S/C8H9N5/c1-6-10-12-8(13-11-6)7-4-2-3-5-9-7/h2-5H,1H3,(H,10,11)(H,12,13). The molecule has 1 aliphatic heterocycles. The molecule has 0 aliphatic carbocycles. The Morgan fingerprint density at radius 1 is 1.15 bits per heavy atom. The zero-order valence-corrected chi connectivity index (χ0v) is 7.15. The summed E-state index contributed by atoms with van der Waals surface area (Å²) in [6.45, 7) is 1.83. The van der Waals surface area contributed by atoms with E-state index < -0.39 is 0 Å². The summed E-state index contributed by atoms with van der Waals surface area (Å²) in [7, 11) is 0. The van der Waals surface area contributed by atoms with Gasteiger partial charge in [0.2, 0.25) is 0 Å². The lowest BCUT2D eigenvalue weighted by molar-refractivity contribution is 0.816. The molecule has 2 heterocycles. The van der Waals surface area contributed by atoms with Gasteiger partial charge in [-0.3, -0.25) is 15.8 Å². The predicted octanol–water partition coefficient (Wildman–Crippen LogP) is 0.269. The highest BCUT2D eigenvalue weighted by Crippen LogP contribution is 1.96. The zero-order valence-electron chi connectivity index (χ0n) is 7.15. The van der Waals surface area contributed by atoms with E-state index in [1.165, 1.54) is 0 Å². The Morgan fingerprint density at radius 3 is 2.69 bits per heavy atom. The Kier molecular flexibility index (Phi) is 1.91. The van der Waals surface area contributed by atoms with E-state index in [1.54, 1.807) is 6.20 Å². The van der Waals surface area contributed by atoms with Gasteiger partial charge in [-0.05, 0) is 19.1 Å². The molecule has 0 fully saturated rings. The summed E-state index contributed by atoms with van der Waals surface area (Å²) in [5.74, 6) is 1.37. The molecule has 0 aromatic carbocycles. The van der Waals surface area contributed by atoms with Crippen molar-refractivity contribution >= 4 is 11.7 Å². The predicted molar refractivity (Wildman–Crippen MR) is 50.2 cm³/mol. The average molecular weight is 175 g/mol. The molecule has 1 aromatic heterocycles. The Hall–Kier alpha value is -1.91. The number of rotatable bonds is 1. The normalized spacial score (nSPS) is 15.2. The van der Waals surface area contributed by atoms with Crippen LogP contribution < -0.4 is 10.9 Å². The van der Waals surface area contributed by atoms with E-state index in [0.29, 0.717) is 5.84 Å². The molecule has 5 heteroatoms. The Labute approximate surface area is 75.6 Å². The molecule has 0 bridgehead atoms. The Balaban J connectivity index is 2.29. The van der Waals surface area contributed by atoms with E-state index in [4.69, 9.17) is 0 Å². The minimum absolute atomic E-state index is 0.631. The monoisotopic (exact) mass is 175 g/mol. The largest absolute Gasteiger partial charge is 0.285 e. The first-order chi connectivity index (χ1) is 6.36. The maximum Gasteiger partial charge on any atom is 0.193 e. The number of hydrogen-bond donors (Lipinski definition) is 2. The first kappa shape index (κ1) is 7.72. The summed E-state index contributed by atoms with van der Waals surface area (Å²) in [6, 6.07) is 5.62. The van der Waals surface area contributed by atoms with Crippen molar-refractivity contribution in [2.75, 3.05) is 0 Å². The van der Waals surface area contributed by atoms with Gasteiger partial charge in [-0.1, -0.05) is 6.07 Å². The molecular weight excluding hydrogens is 166 g/mol. The fourth-order valence-corrected chi connectivity index (χ4v) is 0.943. The van der Waals surface area contributed by atoms with Crippen LogP contribution in [0.1, 0.15) is 12.6 Å². The van der Waals surface area contributed by atoms with Gasteiger partial charge in [0.05, 0.1) is 0 Å². The molecule has 66 valence electrons. The van der Waals surface area contributed by atoms with Crippen molar-refractivity contribution in [2.45, 2.75) is 6.92 Å². The van der Waals surface area contributed by atoms with Gasteiger partial charge in [-0.15, -0.1) is 10.2 Å². The van der Waals surface area contributed by atoms with Gasteiger partial charge in [0.25, 0.3) is 0 Å². The van der Waals surface area contributed by atoms with Crippen molar-refractivity contribution in [2.24, 2.45) is 10.2 Å². The molecule has 0 saturated heterocycles. The second kappa shape index (κ2) is 3.22.